The van der Waals surface area contributed by atoms with Crippen LogP contribution in [0.3, 0.4) is 0 Å². The molecule has 0 aromatic carbocycles. The molecule has 2 heterocycles. The molecule has 0 saturated carbocycles. The van der Waals surface area contributed by atoms with Crippen molar-refractivity contribution in [1.29, 1.82) is 0 Å². The summed E-state index contributed by atoms with van der Waals surface area (Å²) in [7, 11) is 0. The van der Waals surface area contributed by atoms with Gasteiger partial charge in [-0.2, -0.15) is 0 Å². The van der Waals surface area contributed by atoms with Crippen LogP contribution in [-0.2, 0) is 17.1 Å². The van der Waals surface area contributed by atoms with E-state index in [1.54, 1.807) is 0 Å². The number of aromatic carboxylic acids is 2. The van der Waals surface area contributed by atoms with Crippen molar-refractivity contribution in [2.45, 2.75) is 0 Å². The molecular weight excluding hydrogens is 304 g/mol. The molecule has 0 saturated heterocycles. The Hall–Kier alpha value is -2.38. The minimum Gasteiger partial charge on any atom is -0.542 e. The number of carboxylic acids is 2. The van der Waals surface area contributed by atoms with Gasteiger partial charge in [0.1, 0.15) is 11.9 Å². The Morgan fingerprint density at radius 1 is 0.737 bits per heavy atom. The van der Waals surface area contributed by atoms with Gasteiger partial charge >= 0.3 is 17.1 Å². The van der Waals surface area contributed by atoms with E-state index < -0.39 is 11.9 Å². The van der Waals surface area contributed by atoms with Gasteiger partial charge < -0.3 is 19.8 Å². The second kappa shape index (κ2) is 8.67. The molecule has 2 rings (SSSR count). The van der Waals surface area contributed by atoms with Crippen molar-refractivity contribution in [3.63, 3.8) is 0 Å². The molecule has 0 unspecified atom stereocenters. The Bertz CT molecular complexity index is 474. The Labute approximate surface area is 118 Å². The number of hydrogen-bond acceptors (Lipinski definition) is 8. The number of rotatable bonds is 2. The van der Waals surface area contributed by atoms with Crippen LogP contribution in [-0.4, -0.2) is 31.9 Å². The molecule has 0 atom stereocenters. The van der Waals surface area contributed by atoms with Gasteiger partial charge in [-0.25, -0.2) is 19.9 Å². The summed E-state index contributed by atoms with van der Waals surface area (Å²) < 4.78 is 0. The van der Waals surface area contributed by atoms with E-state index in [-0.39, 0.29) is 28.7 Å². The molecule has 9 heteroatoms. The molecule has 2 aromatic heterocycles. The third kappa shape index (κ3) is 6.20. The minimum atomic E-state index is -1.35. The van der Waals surface area contributed by atoms with Gasteiger partial charge in [0, 0.05) is 24.8 Å². The molecule has 0 N–H and O–H groups in total. The molecule has 101 valence electrons. The first-order valence-electron chi connectivity index (χ1n) is 4.58. The fourth-order valence-corrected chi connectivity index (χ4v) is 0.809. The average Bonchev–Trinajstić information content (AvgIpc) is 2.41. The van der Waals surface area contributed by atoms with E-state index in [0.29, 0.717) is 0 Å². The first-order valence-corrected chi connectivity index (χ1v) is 4.58. The van der Waals surface area contributed by atoms with E-state index in [9.17, 15) is 19.8 Å². The quantitative estimate of drug-likeness (QED) is 0.565. The van der Waals surface area contributed by atoms with E-state index in [0.717, 1.165) is 0 Å². The topological polar surface area (TPSA) is 132 Å². The number of hydrogen-bond donors (Lipinski definition) is 0. The fourth-order valence-electron chi connectivity index (χ4n) is 0.809. The maximum atomic E-state index is 9.96. The minimum absolute atomic E-state index is 0. The molecule has 0 amide bonds. The molecule has 0 spiro atoms. The third-order valence-corrected chi connectivity index (χ3v) is 1.50. The number of nitrogens with zero attached hydrogens (tertiary/aromatic N) is 4. The standard InChI is InChI=1S/2C5H4N2O2.Cu/c2*8-5(9)4-6-2-1-3-7-4;/h2*1-3H,(H,8,9);/q;;+2/p-2. The maximum absolute atomic E-state index is 9.96. The van der Waals surface area contributed by atoms with E-state index in [2.05, 4.69) is 19.9 Å². The summed E-state index contributed by atoms with van der Waals surface area (Å²) in [4.78, 5) is 33.6. The molecule has 0 aliphatic carbocycles. The van der Waals surface area contributed by atoms with Crippen LogP contribution in [0.4, 0.5) is 0 Å². The van der Waals surface area contributed by atoms with Crippen LogP contribution in [0.2, 0.25) is 0 Å². The van der Waals surface area contributed by atoms with Crippen LogP contribution in [0.1, 0.15) is 21.2 Å². The Balaban J connectivity index is 0.000000324. The molecule has 0 fully saturated rings. The third-order valence-electron chi connectivity index (χ3n) is 1.50. The summed E-state index contributed by atoms with van der Waals surface area (Å²) in [6, 6.07) is 3.07. The van der Waals surface area contributed by atoms with Crippen LogP contribution < -0.4 is 10.2 Å². The zero-order valence-corrected chi connectivity index (χ0v) is 10.1. The van der Waals surface area contributed by atoms with Gasteiger partial charge in [0.25, 0.3) is 0 Å². The van der Waals surface area contributed by atoms with Crippen LogP contribution >= 0.6 is 0 Å². The van der Waals surface area contributed by atoms with E-state index >= 15 is 0 Å². The molecule has 0 aliphatic rings. The fraction of sp³-hybridized carbons (Fsp3) is 0. The molecule has 0 bridgehead atoms. The molecule has 1 radical (unpaired) electrons. The zero-order chi connectivity index (χ0) is 13.4. The second-order valence-corrected chi connectivity index (χ2v) is 2.72. The van der Waals surface area contributed by atoms with Gasteiger partial charge in [-0.3, -0.25) is 0 Å². The smallest absolute Gasteiger partial charge is 0.542 e. The van der Waals surface area contributed by atoms with Crippen LogP contribution in [0.15, 0.2) is 36.9 Å². The van der Waals surface area contributed by atoms with Crippen LogP contribution in [0.5, 0.6) is 0 Å². The van der Waals surface area contributed by atoms with Gasteiger partial charge in [0.05, 0.1) is 0 Å². The monoisotopic (exact) mass is 309 g/mol. The van der Waals surface area contributed by atoms with Crippen molar-refractivity contribution in [2.24, 2.45) is 0 Å². The summed E-state index contributed by atoms with van der Waals surface area (Å²) in [5, 5.41) is 19.9. The number of aromatic nitrogens is 4. The van der Waals surface area contributed by atoms with E-state index in [1.165, 1.54) is 36.9 Å². The van der Waals surface area contributed by atoms with Crippen molar-refractivity contribution in [3.05, 3.63) is 48.6 Å². The Morgan fingerprint density at radius 2 is 1.00 bits per heavy atom. The Kier molecular flexibility index (Phi) is 7.59. The van der Waals surface area contributed by atoms with E-state index in [1.807, 2.05) is 0 Å². The summed E-state index contributed by atoms with van der Waals surface area (Å²) in [5.41, 5.74) is 0. The second-order valence-electron chi connectivity index (χ2n) is 2.72. The maximum Gasteiger partial charge on any atom is 2.00 e. The van der Waals surface area contributed by atoms with Gasteiger partial charge in [-0.1, -0.05) is 0 Å². The summed E-state index contributed by atoms with van der Waals surface area (Å²) in [6.45, 7) is 0. The number of carboxylic acid groups (broad SMARTS) is 2. The predicted octanol–water partition coefficient (Wildman–Crippen LogP) is -2.32. The summed E-state index contributed by atoms with van der Waals surface area (Å²) in [6.07, 6.45) is 5.38. The van der Waals surface area contributed by atoms with Crippen molar-refractivity contribution in [2.75, 3.05) is 0 Å². The van der Waals surface area contributed by atoms with Crippen molar-refractivity contribution in [1.82, 2.24) is 19.9 Å². The summed E-state index contributed by atoms with van der Waals surface area (Å²) in [5.74, 6) is -3.26. The largest absolute Gasteiger partial charge is 2.00 e. The average molecular weight is 310 g/mol. The van der Waals surface area contributed by atoms with E-state index in [4.69, 9.17) is 0 Å². The van der Waals surface area contributed by atoms with Gasteiger partial charge in [0.2, 0.25) is 0 Å². The molecule has 0 aliphatic heterocycles. The normalized spacial score (nSPS) is 8.42. The van der Waals surface area contributed by atoms with Crippen molar-refractivity contribution in [3.8, 4) is 0 Å². The predicted molar refractivity (Wildman–Crippen MR) is 52.7 cm³/mol. The van der Waals surface area contributed by atoms with Crippen molar-refractivity contribution < 1.29 is 36.9 Å². The molecule has 8 nitrogen and oxygen atoms in total. The van der Waals surface area contributed by atoms with Gasteiger partial charge in [0.15, 0.2) is 11.6 Å². The molecular formula is C10H6CuN4O4. The molecule has 2 aromatic rings. The van der Waals surface area contributed by atoms with Gasteiger partial charge in [-0.05, 0) is 12.1 Å². The summed E-state index contributed by atoms with van der Waals surface area (Å²) >= 11 is 0. The zero-order valence-electron chi connectivity index (χ0n) is 9.19. The first kappa shape index (κ1) is 16.6. The van der Waals surface area contributed by atoms with Crippen LogP contribution in [0.25, 0.3) is 0 Å². The molecule has 19 heavy (non-hydrogen) atoms. The number of carbonyl (C=O) groups is 2. The Morgan fingerprint density at radius 3 is 1.16 bits per heavy atom. The van der Waals surface area contributed by atoms with Gasteiger partial charge in [-0.15, -0.1) is 0 Å². The first-order chi connectivity index (χ1) is 8.61. The van der Waals surface area contributed by atoms with Crippen molar-refractivity contribution >= 4 is 11.9 Å². The van der Waals surface area contributed by atoms with Crippen LogP contribution in [0, 0.1) is 0 Å². The SMILES string of the molecule is O=C([O-])c1ncccn1.O=C([O-])c1ncccn1.[Cu+2]. The number of carbonyl (C=O) groups excluding carboxylic acids is 2.